The first-order valence-electron chi connectivity index (χ1n) is 7.95. The van der Waals surface area contributed by atoms with Crippen LogP contribution in [0, 0.1) is 5.82 Å². The molecule has 1 amide bonds. The van der Waals surface area contributed by atoms with Crippen molar-refractivity contribution < 1.29 is 17.6 Å². The van der Waals surface area contributed by atoms with Crippen molar-refractivity contribution in [2.24, 2.45) is 0 Å². The number of nitrogens with one attached hydrogen (secondary N) is 1. The average Bonchev–Trinajstić information content (AvgIpc) is 2.58. The second-order valence-corrected chi connectivity index (χ2v) is 8.30. The van der Waals surface area contributed by atoms with Crippen molar-refractivity contribution in [3.63, 3.8) is 0 Å². The number of hydrogen-bond donors (Lipinski definition) is 1. The monoisotopic (exact) mass is 398 g/mol. The van der Waals surface area contributed by atoms with E-state index in [4.69, 9.17) is 11.6 Å². The van der Waals surface area contributed by atoms with Crippen LogP contribution in [-0.2, 0) is 27.8 Å². The molecule has 0 atom stereocenters. The Morgan fingerprint density at radius 3 is 2.23 bits per heavy atom. The highest BCUT2D eigenvalue weighted by Gasteiger charge is 2.19. The van der Waals surface area contributed by atoms with E-state index in [-0.39, 0.29) is 25.5 Å². The van der Waals surface area contributed by atoms with E-state index in [9.17, 15) is 17.6 Å². The molecule has 0 unspecified atom stereocenters. The Kier molecular flexibility index (Phi) is 7.14. The smallest absolute Gasteiger partial charge is 0.235 e. The topological polar surface area (TPSA) is 66.5 Å². The quantitative estimate of drug-likeness (QED) is 0.743. The molecule has 0 aliphatic carbocycles. The maximum absolute atomic E-state index is 12.9. The fraction of sp³-hybridized carbons (Fsp3) is 0.278. The molecule has 0 saturated carbocycles. The number of carbonyl (C=O) groups excluding carboxylic acids is 1. The van der Waals surface area contributed by atoms with Crippen molar-refractivity contribution in [3.05, 3.63) is 70.5 Å². The number of sulfonamides is 1. The Labute approximate surface area is 157 Å². The molecule has 0 aliphatic heterocycles. The molecule has 8 heteroatoms. The highest BCUT2D eigenvalue weighted by atomic mass is 35.5. The molecule has 140 valence electrons. The highest BCUT2D eigenvalue weighted by molar-refractivity contribution is 7.88. The summed E-state index contributed by atoms with van der Waals surface area (Å²) in [6.07, 6.45) is 1.54. The fourth-order valence-corrected chi connectivity index (χ4v) is 3.19. The second kappa shape index (κ2) is 9.12. The van der Waals surface area contributed by atoms with Crippen molar-refractivity contribution in [2.45, 2.75) is 13.0 Å². The van der Waals surface area contributed by atoms with Gasteiger partial charge in [-0.05, 0) is 41.8 Å². The first kappa shape index (κ1) is 20.4. The second-order valence-electron chi connectivity index (χ2n) is 5.88. The summed E-state index contributed by atoms with van der Waals surface area (Å²) >= 11 is 5.83. The van der Waals surface area contributed by atoms with Gasteiger partial charge in [-0.25, -0.2) is 12.8 Å². The number of carbonyl (C=O) groups is 1. The van der Waals surface area contributed by atoms with Gasteiger partial charge in [-0.3, -0.25) is 4.79 Å². The Morgan fingerprint density at radius 2 is 1.65 bits per heavy atom. The lowest BCUT2D eigenvalue weighted by Gasteiger charge is -2.19. The van der Waals surface area contributed by atoms with Gasteiger partial charge in [-0.15, -0.1) is 0 Å². The molecule has 0 saturated heterocycles. The Bertz CT molecular complexity index is 840. The summed E-state index contributed by atoms with van der Waals surface area (Å²) in [6, 6.07) is 12.8. The molecule has 0 spiro atoms. The minimum Gasteiger partial charge on any atom is -0.351 e. The van der Waals surface area contributed by atoms with Gasteiger partial charge in [-0.2, -0.15) is 4.31 Å². The van der Waals surface area contributed by atoms with Crippen molar-refractivity contribution in [3.8, 4) is 0 Å². The first-order valence-corrected chi connectivity index (χ1v) is 10.2. The van der Waals surface area contributed by atoms with Crippen LogP contribution < -0.4 is 5.32 Å². The number of rotatable bonds is 8. The van der Waals surface area contributed by atoms with Crippen LogP contribution in [0.2, 0.25) is 5.02 Å². The maximum atomic E-state index is 12.9. The molecule has 0 fully saturated rings. The van der Waals surface area contributed by atoms with E-state index in [1.807, 2.05) is 12.1 Å². The van der Waals surface area contributed by atoms with E-state index in [0.29, 0.717) is 11.4 Å². The number of halogens is 2. The van der Waals surface area contributed by atoms with Gasteiger partial charge in [-0.1, -0.05) is 35.9 Å². The summed E-state index contributed by atoms with van der Waals surface area (Å²) in [7, 11) is -3.53. The number of hydrogen-bond acceptors (Lipinski definition) is 3. The standard InChI is InChI=1S/C18H20ClFN2O3S/c1-26(24,25)22(11-10-14-2-6-16(19)7-3-14)13-18(23)21-12-15-4-8-17(20)9-5-15/h2-9H,10-13H2,1H3,(H,21,23). The maximum Gasteiger partial charge on any atom is 0.235 e. The van der Waals surface area contributed by atoms with Crippen molar-refractivity contribution in [2.75, 3.05) is 19.3 Å². The predicted octanol–water partition coefficient (Wildman–Crippen LogP) is 2.60. The number of benzene rings is 2. The van der Waals surface area contributed by atoms with Gasteiger partial charge in [0.25, 0.3) is 0 Å². The zero-order valence-electron chi connectivity index (χ0n) is 14.3. The van der Waals surface area contributed by atoms with Gasteiger partial charge in [0.15, 0.2) is 0 Å². The molecule has 2 rings (SSSR count). The summed E-state index contributed by atoms with van der Waals surface area (Å²) in [5.74, 6) is -0.776. The molecule has 5 nitrogen and oxygen atoms in total. The van der Waals surface area contributed by atoms with Crippen molar-refractivity contribution in [1.82, 2.24) is 9.62 Å². The first-order chi connectivity index (χ1) is 12.2. The lowest BCUT2D eigenvalue weighted by atomic mass is 10.1. The van der Waals surface area contributed by atoms with Crippen LogP contribution in [0.3, 0.4) is 0 Å². The van der Waals surface area contributed by atoms with Gasteiger partial charge in [0.05, 0.1) is 12.8 Å². The summed E-state index contributed by atoms with van der Waals surface area (Å²) in [6.45, 7) is 0.117. The van der Waals surface area contributed by atoms with Gasteiger partial charge in [0.1, 0.15) is 5.82 Å². The van der Waals surface area contributed by atoms with Crippen LogP contribution in [0.15, 0.2) is 48.5 Å². The van der Waals surface area contributed by atoms with E-state index in [2.05, 4.69) is 5.32 Å². The normalized spacial score (nSPS) is 11.5. The minimum absolute atomic E-state index is 0.185. The molecule has 2 aromatic carbocycles. The molecule has 1 N–H and O–H groups in total. The van der Waals surface area contributed by atoms with E-state index >= 15 is 0 Å². The Balaban J connectivity index is 1.91. The lowest BCUT2D eigenvalue weighted by molar-refractivity contribution is -0.121. The van der Waals surface area contributed by atoms with Gasteiger partial charge in [0, 0.05) is 18.1 Å². The summed E-state index contributed by atoms with van der Waals surface area (Å²) in [4.78, 5) is 12.1. The molecular weight excluding hydrogens is 379 g/mol. The van der Waals surface area contributed by atoms with Crippen LogP contribution >= 0.6 is 11.6 Å². The summed E-state index contributed by atoms with van der Waals surface area (Å²) < 4.78 is 37.9. The van der Waals surface area contributed by atoms with E-state index in [1.165, 1.54) is 12.1 Å². The Morgan fingerprint density at radius 1 is 1.08 bits per heavy atom. The van der Waals surface area contributed by atoms with Gasteiger partial charge in [0.2, 0.25) is 15.9 Å². The molecule has 0 aromatic heterocycles. The third-order valence-electron chi connectivity index (χ3n) is 3.76. The molecule has 0 aliphatic rings. The molecule has 0 bridgehead atoms. The Hall–Kier alpha value is -1.96. The zero-order chi connectivity index (χ0) is 19.2. The molecule has 0 radical (unpaired) electrons. The fourth-order valence-electron chi connectivity index (χ4n) is 2.29. The predicted molar refractivity (Wildman–Crippen MR) is 99.8 cm³/mol. The van der Waals surface area contributed by atoms with E-state index in [0.717, 1.165) is 21.7 Å². The van der Waals surface area contributed by atoms with Gasteiger partial charge < -0.3 is 5.32 Å². The van der Waals surface area contributed by atoms with Crippen molar-refractivity contribution in [1.29, 1.82) is 0 Å². The largest absolute Gasteiger partial charge is 0.351 e. The molecule has 26 heavy (non-hydrogen) atoms. The van der Waals surface area contributed by atoms with Gasteiger partial charge >= 0.3 is 0 Å². The lowest BCUT2D eigenvalue weighted by Crippen LogP contribution is -2.41. The minimum atomic E-state index is -3.53. The van der Waals surface area contributed by atoms with Crippen LogP contribution in [0.1, 0.15) is 11.1 Å². The third-order valence-corrected chi connectivity index (χ3v) is 5.26. The number of nitrogens with zero attached hydrogens (tertiary/aromatic N) is 1. The van der Waals surface area contributed by atoms with E-state index < -0.39 is 15.9 Å². The number of amides is 1. The average molecular weight is 399 g/mol. The molecule has 2 aromatic rings. The van der Waals surface area contributed by atoms with E-state index in [1.54, 1.807) is 24.3 Å². The molecular formula is C18H20ClFN2O3S. The van der Waals surface area contributed by atoms with Crippen LogP contribution in [0.5, 0.6) is 0 Å². The third kappa shape index (κ3) is 6.74. The van der Waals surface area contributed by atoms with Crippen LogP contribution in [-0.4, -0.2) is 38.0 Å². The van der Waals surface area contributed by atoms with Crippen LogP contribution in [0.4, 0.5) is 4.39 Å². The zero-order valence-corrected chi connectivity index (χ0v) is 15.9. The highest BCUT2D eigenvalue weighted by Crippen LogP contribution is 2.11. The van der Waals surface area contributed by atoms with Crippen molar-refractivity contribution >= 4 is 27.5 Å². The van der Waals surface area contributed by atoms with Crippen LogP contribution in [0.25, 0.3) is 0 Å². The molecule has 0 heterocycles. The SMILES string of the molecule is CS(=O)(=O)N(CCc1ccc(Cl)cc1)CC(=O)NCc1ccc(F)cc1. The summed E-state index contributed by atoms with van der Waals surface area (Å²) in [5.41, 5.74) is 1.65. The summed E-state index contributed by atoms with van der Waals surface area (Å²) in [5, 5.41) is 3.25.